The van der Waals surface area contributed by atoms with E-state index in [4.69, 9.17) is 9.68 Å². The number of fused-ring (bicyclic) bond motifs is 1. The third-order valence-electron chi connectivity index (χ3n) is 2.54. The molecule has 0 atom stereocenters. The third-order valence-corrected chi connectivity index (χ3v) is 2.54. The first kappa shape index (κ1) is 11.2. The summed E-state index contributed by atoms with van der Waals surface area (Å²) in [5, 5.41) is 9.44. The molecule has 1 aromatic carbocycles. The molecule has 0 fully saturated rings. The average Bonchev–Trinajstić information content (AvgIpc) is 2.71. The maximum Gasteiger partial charge on any atom is 0.290 e. The van der Waals surface area contributed by atoms with Gasteiger partial charge in [0.2, 0.25) is 0 Å². The Kier molecular flexibility index (Phi) is 2.84. The van der Waals surface area contributed by atoms with E-state index in [9.17, 15) is 4.79 Å². The highest BCUT2D eigenvalue weighted by molar-refractivity contribution is 5.96. The van der Waals surface area contributed by atoms with Gasteiger partial charge in [-0.3, -0.25) is 4.79 Å². The van der Waals surface area contributed by atoms with Crippen LogP contribution in [0.15, 0.2) is 28.7 Å². The van der Waals surface area contributed by atoms with Crippen LogP contribution >= 0.6 is 0 Å². The highest BCUT2D eigenvalue weighted by Crippen LogP contribution is 2.21. The van der Waals surface area contributed by atoms with Crippen LogP contribution in [0.2, 0.25) is 0 Å². The van der Waals surface area contributed by atoms with Gasteiger partial charge < -0.3 is 9.32 Å². The molecule has 0 aliphatic heterocycles. The number of carbonyl (C=O) groups excluding carboxylic acids is 1. The normalized spacial score (nSPS) is 10.2. The van der Waals surface area contributed by atoms with E-state index in [-0.39, 0.29) is 18.2 Å². The van der Waals surface area contributed by atoms with E-state index in [1.807, 2.05) is 31.2 Å². The van der Waals surface area contributed by atoms with Crippen molar-refractivity contribution in [3.8, 4) is 6.07 Å². The van der Waals surface area contributed by atoms with Gasteiger partial charge in [0, 0.05) is 12.4 Å². The van der Waals surface area contributed by atoms with Gasteiger partial charge in [0.05, 0.1) is 6.07 Å². The summed E-state index contributed by atoms with van der Waals surface area (Å²) in [5.74, 6) is -0.0104. The molecule has 17 heavy (non-hydrogen) atoms. The summed E-state index contributed by atoms with van der Waals surface area (Å²) < 4.78 is 5.45. The SMILES string of the molecule is Cc1ccc2oc(C(=O)N(C)CC#N)cc2c1. The molecule has 0 aliphatic carbocycles. The molecule has 0 unspecified atom stereocenters. The van der Waals surface area contributed by atoms with Crippen LogP contribution in [0.4, 0.5) is 0 Å². The fourth-order valence-electron chi connectivity index (χ4n) is 1.63. The first-order chi connectivity index (χ1) is 8.11. The lowest BCUT2D eigenvalue weighted by atomic mass is 10.2. The molecule has 0 spiro atoms. The molecule has 4 heteroatoms. The Morgan fingerprint density at radius 2 is 2.24 bits per heavy atom. The number of furan rings is 1. The number of nitriles is 1. The molecule has 0 aliphatic rings. The zero-order chi connectivity index (χ0) is 12.4. The lowest BCUT2D eigenvalue weighted by Gasteiger charge is -2.09. The maximum atomic E-state index is 11.9. The Balaban J connectivity index is 2.37. The monoisotopic (exact) mass is 228 g/mol. The number of hydrogen-bond acceptors (Lipinski definition) is 3. The minimum Gasteiger partial charge on any atom is -0.451 e. The van der Waals surface area contributed by atoms with E-state index in [1.54, 1.807) is 13.1 Å². The fourth-order valence-corrected chi connectivity index (χ4v) is 1.63. The summed E-state index contributed by atoms with van der Waals surface area (Å²) in [5.41, 5.74) is 1.80. The largest absolute Gasteiger partial charge is 0.451 e. The molecule has 0 bridgehead atoms. The Bertz CT molecular complexity index is 607. The number of carbonyl (C=O) groups is 1. The van der Waals surface area contributed by atoms with Crippen LogP contribution in [-0.2, 0) is 0 Å². The number of benzene rings is 1. The van der Waals surface area contributed by atoms with Crippen molar-refractivity contribution in [1.82, 2.24) is 4.90 Å². The van der Waals surface area contributed by atoms with Gasteiger partial charge in [-0.2, -0.15) is 5.26 Å². The van der Waals surface area contributed by atoms with Crippen LogP contribution in [0.5, 0.6) is 0 Å². The molecular weight excluding hydrogens is 216 g/mol. The molecule has 2 aromatic rings. The number of hydrogen-bond donors (Lipinski definition) is 0. The van der Waals surface area contributed by atoms with Crippen LogP contribution in [-0.4, -0.2) is 24.4 Å². The van der Waals surface area contributed by atoms with Crippen molar-refractivity contribution in [2.45, 2.75) is 6.92 Å². The predicted molar refractivity (Wildman–Crippen MR) is 63.5 cm³/mol. The van der Waals surface area contributed by atoms with Gasteiger partial charge in [0.1, 0.15) is 12.1 Å². The zero-order valence-corrected chi connectivity index (χ0v) is 9.73. The topological polar surface area (TPSA) is 57.2 Å². The summed E-state index contributed by atoms with van der Waals surface area (Å²) in [6.45, 7) is 2.03. The van der Waals surface area contributed by atoms with E-state index < -0.39 is 0 Å². The molecule has 0 radical (unpaired) electrons. The Hall–Kier alpha value is -2.28. The van der Waals surface area contributed by atoms with Gasteiger partial charge in [-0.1, -0.05) is 11.6 Å². The Labute approximate surface area is 99.0 Å². The summed E-state index contributed by atoms with van der Waals surface area (Å²) in [6.07, 6.45) is 0. The second-order valence-corrected chi connectivity index (χ2v) is 3.97. The number of amides is 1. The van der Waals surface area contributed by atoms with Gasteiger partial charge in [0.25, 0.3) is 5.91 Å². The van der Waals surface area contributed by atoms with Crippen molar-refractivity contribution in [1.29, 1.82) is 5.26 Å². The Morgan fingerprint density at radius 1 is 1.47 bits per heavy atom. The number of rotatable bonds is 2. The lowest BCUT2D eigenvalue weighted by molar-refractivity contribution is 0.0783. The van der Waals surface area contributed by atoms with Crippen LogP contribution in [0.1, 0.15) is 16.1 Å². The van der Waals surface area contributed by atoms with Crippen LogP contribution < -0.4 is 0 Å². The summed E-state index contributed by atoms with van der Waals surface area (Å²) in [7, 11) is 1.57. The quantitative estimate of drug-likeness (QED) is 0.741. The van der Waals surface area contributed by atoms with E-state index >= 15 is 0 Å². The van der Waals surface area contributed by atoms with Crippen LogP contribution in [0.3, 0.4) is 0 Å². The standard InChI is InChI=1S/C13H12N2O2/c1-9-3-4-11-10(7-9)8-12(17-11)13(16)15(2)6-5-14/h3-4,7-8H,6H2,1-2H3. The highest BCUT2D eigenvalue weighted by Gasteiger charge is 2.16. The fraction of sp³-hybridized carbons (Fsp3) is 0.231. The molecule has 2 rings (SSSR count). The predicted octanol–water partition coefficient (Wildman–Crippen LogP) is 2.34. The second kappa shape index (κ2) is 4.30. The summed E-state index contributed by atoms with van der Waals surface area (Å²) >= 11 is 0. The molecule has 0 saturated heterocycles. The third kappa shape index (κ3) is 2.13. The molecule has 1 heterocycles. The molecular formula is C13H12N2O2. The van der Waals surface area contributed by atoms with Crippen LogP contribution in [0.25, 0.3) is 11.0 Å². The van der Waals surface area contributed by atoms with Crippen molar-refractivity contribution >= 4 is 16.9 Å². The maximum absolute atomic E-state index is 11.9. The van der Waals surface area contributed by atoms with Crippen molar-refractivity contribution in [3.63, 3.8) is 0 Å². The van der Waals surface area contributed by atoms with E-state index in [0.717, 1.165) is 10.9 Å². The van der Waals surface area contributed by atoms with Gasteiger partial charge in [-0.05, 0) is 25.1 Å². The Morgan fingerprint density at radius 3 is 2.94 bits per heavy atom. The lowest BCUT2D eigenvalue weighted by Crippen LogP contribution is -2.26. The second-order valence-electron chi connectivity index (χ2n) is 3.97. The van der Waals surface area contributed by atoms with Crippen molar-refractivity contribution < 1.29 is 9.21 Å². The molecule has 4 nitrogen and oxygen atoms in total. The van der Waals surface area contributed by atoms with E-state index in [1.165, 1.54) is 4.90 Å². The molecule has 0 saturated carbocycles. The first-order valence-electron chi connectivity index (χ1n) is 5.24. The highest BCUT2D eigenvalue weighted by atomic mass is 16.3. The summed E-state index contributed by atoms with van der Waals surface area (Å²) in [4.78, 5) is 13.2. The number of aryl methyl sites for hydroxylation is 1. The molecule has 1 aromatic heterocycles. The smallest absolute Gasteiger partial charge is 0.290 e. The van der Waals surface area contributed by atoms with Gasteiger partial charge in [-0.15, -0.1) is 0 Å². The molecule has 1 amide bonds. The van der Waals surface area contributed by atoms with Crippen molar-refractivity contribution in [2.75, 3.05) is 13.6 Å². The van der Waals surface area contributed by atoms with E-state index in [2.05, 4.69) is 0 Å². The molecule has 0 N–H and O–H groups in total. The zero-order valence-electron chi connectivity index (χ0n) is 9.73. The van der Waals surface area contributed by atoms with Crippen molar-refractivity contribution in [3.05, 3.63) is 35.6 Å². The average molecular weight is 228 g/mol. The number of nitrogens with zero attached hydrogens (tertiary/aromatic N) is 2. The summed E-state index contributed by atoms with van der Waals surface area (Å²) in [6, 6.07) is 9.36. The van der Waals surface area contributed by atoms with Gasteiger partial charge >= 0.3 is 0 Å². The minimum absolute atomic E-state index is 0.0505. The van der Waals surface area contributed by atoms with Gasteiger partial charge in [0.15, 0.2) is 5.76 Å². The van der Waals surface area contributed by atoms with Crippen molar-refractivity contribution in [2.24, 2.45) is 0 Å². The van der Waals surface area contributed by atoms with Crippen LogP contribution in [0, 0.1) is 18.3 Å². The van der Waals surface area contributed by atoms with E-state index in [0.29, 0.717) is 5.58 Å². The first-order valence-corrected chi connectivity index (χ1v) is 5.24. The molecule has 86 valence electrons. The van der Waals surface area contributed by atoms with Gasteiger partial charge in [-0.25, -0.2) is 0 Å². The minimum atomic E-state index is -0.277.